The summed E-state index contributed by atoms with van der Waals surface area (Å²) in [7, 11) is 2.40. The van der Waals surface area contributed by atoms with Crippen LogP contribution in [0.5, 0.6) is 0 Å². The van der Waals surface area contributed by atoms with Gasteiger partial charge in [-0.25, -0.2) is 0 Å². The number of hydrogen-bond acceptors (Lipinski definition) is 1. The van der Waals surface area contributed by atoms with Gasteiger partial charge >= 0.3 is 0 Å². The highest BCUT2D eigenvalue weighted by Crippen LogP contribution is 2.40. The lowest BCUT2D eigenvalue weighted by Crippen LogP contribution is -2.64. The van der Waals surface area contributed by atoms with Crippen LogP contribution in [0, 0.1) is 5.92 Å². The highest BCUT2D eigenvalue weighted by molar-refractivity contribution is 4.88. The predicted octanol–water partition coefficient (Wildman–Crippen LogP) is 2.17. The summed E-state index contributed by atoms with van der Waals surface area (Å²) < 4.78 is 1.23. The molecule has 0 spiro atoms. The van der Waals surface area contributed by atoms with Crippen molar-refractivity contribution in [2.45, 2.75) is 57.6 Å². The maximum absolute atomic E-state index is 10.3. The van der Waals surface area contributed by atoms with E-state index in [9.17, 15) is 5.11 Å². The van der Waals surface area contributed by atoms with Gasteiger partial charge in [-0.05, 0) is 39.5 Å². The van der Waals surface area contributed by atoms with Crippen molar-refractivity contribution in [3.8, 4) is 0 Å². The molecule has 1 N–H and O–H groups in total. The van der Waals surface area contributed by atoms with Gasteiger partial charge in [0.15, 0.2) is 0 Å². The maximum atomic E-state index is 10.3. The number of fused-ring (bicyclic) bond motifs is 1. The molecule has 1 unspecified atom stereocenters. The molecule has 2 fully saturated rings. The first-order chi connectivity index (χ1) is 6.93. The van der Waals surface area contributed by atoms with E-state index in [1.807, 2.05) is 13.8 Å². The Morgan fingerprint density at radius 1 is 1.07 bits per heavy atom. The van der Waals surface area contributed by atoms with Gasteiger partial charge in [-0.1, -0.05) is 0 Å². The monoisotopic (exact) mass is 212 g/mol. The fourth-order valence-electron chi connectivity index (χ4n) is 3.91. The molecule has 2 aliphatic heterocycles. The number of nitrogens with zero attached hydrogens (tertiary/aromatic N) is 1. The smallest absolute Gasteiger partial charge is 0.0944 e. The summed E-state index contributed by atoms with van der Waals surface area (Å²) in [6.45, 7) is 6.67. The van der Waals surface area contributed by atoms with Crippen molar-refractivity contribution in [1.29, 1.82) is 0 Å². The Kier molecular flexibility index (Phi) is 2.85. The van der Waals surface area contributed by atoms with Crippen LogP contribution in [-0.2, 0) is 0 Å². The summed E-state index contributed by atoms with van der Waals surface area (Å²) >= 11 is 0. The van der Waals surface area contributed by atoms with E-state index in [2.05, 4.69) is 7.05 Å². The Morgan fingerprint density at radius 2 is 1.73 bits per heavy atom. The molecule has 0 amide bonds. The van der Waals surface area contributed by atoms with Crippen molar-refractivity contribution in [3.05, 3.63) is 0 Å². The molecule has 88 valence electrons. The van der Waals surface area contributed by atoms with Gasteiger partial charge < -0.3 is 9.59 Å². The topological polar surface area (TPSA) is 20.2 Å². The molecule has 2 aliphatic rings. The molecule has 2 saturated heterocycles. The van der Waals surface area contributed by atoms with Crippen molar-refractivity contribution in [3.63, 3.8) is 0 Å². The first-order valence-electron chi connectivity index (χ1n) is 6.50. The number of hydrogen-bond donors (Lipinski definition) is 1. The molecule has 0 aromatic rings. The largest absolute Gasteiger partial charge is 0.390 e. The Morgan fingerprint density at radius 3 is 2.40 bits per heavy atom. The van der Waals surface area contributed by atoms with Crippen molar-refractivity contribution in [2.24, 2.45) is 5.92 Å². The summed E-state index contributed by atoms with van der Waals surface area (Å²) in [5.74, 6) is 0.511. The molecule has 2 heteroatoms. The molecular formula is C13H26NO+. The summed E-state index contributed by atoms with van der Waals surface area (Å²) in [6, 6.07) is 0.715. The van der Waals surface area contributed by atoms with Crippen molar-refractivity contribution in [1.82, 2.24) is 0 Å². The van der Waals surface area contributed by atoms with Crippen LogP contribution >= 0.6 is 0 Å². The molecule has 2 nitrogen and oxygen atoms in total. The van der Waals surface area contributed by atoms with Gasteiger partial charge in [0.25, 0.3) is 0 Å². The third kappa shape index (κ3) is 2.07. The average molecular weight is 212 g/mol. The second kappa shape index (κ2) is 3.74. The van der Waals surface area contributed by atoms with Crippen LogP contribution in [-0.4, -0.2) is 41.4 Å². The van der Waals surface area contributed by atoms with Crippen LogP contribution in [0.1, 0.15) is 46.0 Å². The van der Waals surface area contributed by atoms with Gasteiger partial charge in [-0.15, -0.1) is 0 Å². The van der Waals surface area contributed by atoms with Gasteiger partial charge in [0.1, 0.15) is 0 Å². The SMILES string of the molecule is CC(C)(O)[C@@H]1CCC[N+]2(C)CCCC[C@H]12. The van der Waals surface area contributed by atoms with Gasteiger partial charge in [-0.2, -0.15) is 0 Å². The van der Waals surface area contributed by atoms with E-state index in [-0.39, 0.29) is 0 Å². The normalized spacial score (nSPS) is 42.4. The highest BCUT2D eigenvalue weighted by atomic mass is 16.3. The van der Waals surface area contributed by atoms with Crippen LogP contribution in [0.25, 0.3) is 0 Å². The first-order valence-corrected chi connectivity index (χ1v) is 6.50. The van der Waals surface area contributed by atoms with E-state index in [0.717, 1.165) is 0 Å². The van der Waals surface area contributed by atoms with Gasteiger partial charge in [0, 0.05) is 12.3 Å². The molecule has 0 bridgehead atoms. The molecule has 2 rings (SSSR count). The Bertz CT molecular complexity index is 229. The van der Waals surface area contributed by atoms with E-state index in [1.54, 1.807) is 0 Å². The molecule has 15 heavy (non-hydrogen) atoms. The lowest BCUT2D eigenvalue weighted by Gasteiger charge is -2.53. The Labute approximate surface area is 93.9 Å². The molecule has 0 aliphatic carbocycles. The minimum absolute atomic E-state index is 0.484. The van der Waals surface area contributed by atoms with E-state index in [1.165, 1.54) is 49.7 Å². The lowest BCUT2D eigenvalue weighted by molar-refractivity contribution is -0.948. The highest BCUT2D eigenvalue weighted by Gasteiger charge is 2.48. The number of piperidine rings is 2. The van der Waals surface area contributed by atoms with Crippen LogP contribution in [0.3, 0.4) is 0 Å². The Hall–Kier alpha value is -0.0800. The van der Waals surface area contributed by atoms with E-state index in [0.29, 0.717) is 12.0 Å². The molecular weight excluding hydrogens is 186 g/mol. The zero-order valence-corrected chi connectivity index (χ0v) is 10.5. The van der Waals surface area contributed by atoms with Gasteiger partial charge in [0.05, 0.1) is 31.8 Å². The zero-order chi connectivity index (χ0) is 11.1. The Balaban J connectivity index is 2.19. The lowest BCUT2D eigenvalue weighted by atomic mass is 9.73. The fourth-order valence-corrected chi connectivity index (χ4v) is 3.91. The standard InChI is InChI=1S/C13H26NO/c1-13(2,15)11-7-6-10-14(3)9-5-4-8-12(11)14/h11-12,15H,4-10H2,1-3H3/q+1/t11-,12-,14?/m1/s1. The van der Waals surface area contributed by atoms with Crippen molar-refractivity contribution < 1.29 is 9.59 Å². The third-order valence-electron chi connectivity index (χ3n) is 4.78. The van der Waals surface area contributed by atoms with E-state index in [4.69, 9.17) is 0 Å². The first kappa shape index (κ1) is 11.4. The maximum Gasteiger partial charge on any atom is 0.0944 e. The minimum Gasteiger partial charge on any atom is -0.390 e. The second-order valence-corrected chi connectivity index (χ2v) is 6.39. The van der Waals surface area contributed by atoms with Crippen molar-refractivity contribution in [2.75, 3.05) is 20.1 Å². The average Bonchev–Trinajstić information content (AvgIpc) is 2.14. The van der Waals surface area contributed by atoms with Crippen LogP contribution in [0.15, 0.2) is 0 Å². The summed E-state index contributed by atoms with van der Waals surface area (Å²) in [5, 5.41) is 10.3. The summed E-state index contributed by atoms with van der Waals surface area (Å²) in [4.78, 5) is 0. The zero-order valence-electron chi connectivity index (χ0n) is 10.5. The molecule has 0 saturated carbocycles. The molecule has 0 aromatic carbocycles. The predicted molar refractivity (Wildman–Crippen MR) is 62.6 cm³/mol. The minimum atomic E-state index is -0.484. The van der Waals surface area contributed by atoms with Crippen molar-refractivity contribution >= 4 is 0 Å². The van der Waals surface area contributed by atoms with E-state index >= 15 is 0 Å². The van der Waals surface area contributed by atoms with Gasteiger partial charge in [0.2, 0.25) is 0 Å². The molecule has 0 aromatic heterocycles. The van der Waals surface area contributed by atoms with Gasteiger partial charge in [-0.3, -0.25) is 0 Å². The third-order valence-corrected chi connectivity index (χ3v) is 4.78. The summed E-state index contributed by atoms with van der Waals surface area (Å²) in [5.41, 5.74) is -0.484. The number of quaternary nitrogens is 1. The quantitative estimate of drug-likeness (QED) is 0.660. The summed E-state index contributed by atoms with van der Waals surface area (Å²) in [6.07, 6.45) is 6.59. The number of aliphatic hydroxyl groups is 1. The molecule has 0 radical (unpaired) electrons. The molecule has 2 heterocycles. The van der Waals surface area contributed by atoms with E-state index < -0.39 is 5.60 Å². The molecule has 3 atom stereocenters. The van der Waals surface area contributed by atoms with Crippen LogP contribution < -0.4 is 0 Å². The fraction of sp³-hybridized carbons (Fsp3) is 1.00. The van der Waals surface area contributed by atoms with Crippen LogP contribution in [0.4, 0.5) is 0 Å². The van der Waals surface area contributed by atoms with Crippen LogP contribution in [0.2, 0.25) is 0 Å². The number of rotatable bonds is 1. The second-order valence-electron chi connectivity index (χ2n) is 6.39.